The predicted octanol–water partition coefficient (Wildman–Crippen LogP) is 3.34. The van der Waals surface area contributed by atoms with Crippen LogP contribution in [0.1, 0.15) is 17.4 Å². The molecule has 0 saturated heterocycles. The molecule has 5 nitrogen and oxygen atoms in total. The van der Waals surface area contributed by atoms with Crippen molar-refractivity contribution in [1.82, 2.24) is 5.43 Å². The molecule has 2 aromatic carbocycles. The van der Waals surface area contributed by atoms with Crippen LogP contribution in [0.25, 0.3) is 0 Å². The highest BCUT2D eigenvalue weighted by Crippen LogP contribution is 2.27. The fraction of sp³-hybridized carbons (Fsp3) is 0.176. The van der Waals surface area contributed by atoms with Gasteiger partial charge in [-0.25, -0.2) is 0 Å². The molecule has 0 aromatic heterocycles. The zero-order valence-corrected chi connectivity index (χ0v) is 12.9. The molecule has 0 bridgehead atoms. The van der Waals surface area contributed by atoms with E-state index in [2.05, 4.69) is 10.5 Å². The lowest BCUT2D eigenvalue weighted by atomic mass is 10.1. The Bertz CT molecular complexity index is 761. The molecule has 1 atom stereocenters. The summed E-state index contributed by atoms with van der Waals surface area (Å²) in [5, 5.41) is 3.15. The number of nitrogens with zero attached hydrogens (tertiary/aromatic N) is 2. The first-order chi connectivity index (χ1) is 12.0. The summed E-state index contributed by atoms with van der Waals surface area (Å²) in [4.78, 5) is 12.8. The van der Waals surface area contributed by atoms with E-state index in [0.717, 1.165) is 17.7 Å². The molecule has 0 aliphatic carbocycles. The molecule has 1 N–H and O–H groups in total. The highest BCUT2D eigenvalue weighted by Gasteiger charge is 2.43. The molecule has 2 aromatic rings. The SMILES string of the molecule is O=CN(Cc1ccc(C2NN=C(C(F)(F)F)O2)cc1)c1ccccc1. The summed E-state index contributed by atoms with van der Waals surface area (Å²) < 4.78 is 42.3. The van der Waals surface area contributed by atoms with Gasteiger partial charge in [0.05, 0.1) is 6.54 Å². The summed E-state index contributed by atoms with van der Waals surface area (Å²) in [5.74, 6) is -1.29. The Morgan fingerprint density at radius 1 is 1.12 bits per heavy atom. The Kier molecular flexibility index (Phi) is 4.60. The third-order valence-electron chi connectivity index (χ3n) is 3.61. The number of carbonyl (C=O) groups excluding carboxylic acids is 1. The molecule has 8 heteroatoms. The van der Waals surface area contributed by atoms with Crippen molar-refractivity contribution in [1.29, 1.82) is 0 Å². The van der Waals surface area contributed by atoms with Crippen LogP contribution in [0.3, 0.4) is 0 Å². The lowest BCUT2D eigenvalue weighted by Crippen LogP contribution is -2.23. The number of hydrogen-bond acceptors (Lipinski definition) is 4. The normalized spacial score (nSPS) is 16.6. The van der Waals surface area contributed by atoms with Crippen LogP contribution in [0.5, 0.6) is 0 Å². The number of benzene rings is 2. The van der Waals surface area contributed by atoms with E-state index in [1.165, 1.54) is 4.90 Å². The van der Waals surface area contributed by atoms with Gasteiger partial charge >= 0.3 is 12.1 Å². The number of ether oxygens (including phenoxy) is 1. The van der Waals surface area contributed by atoms with Crippen molar-refractivity contribution in [2.75, 3.05) is 4.90 Å². The lowest BCUT2D eigenvalue weighted by Gasteiger charge is -2.18. The van der Waals surface area contributed by atoms with E-state index >= 15 is 0 Å². The van der Waals surface area contributed by atoms with Crippen LogP contribution in [-0.4, -0.2) is 18.5 Å². The number of carbonyl (C=O) groups is 1. The van der Waals surface area contributed by atoms with Gasteiger partial charge in [-0.1, -0.05) is 42.5 Å². The molecule has 1 unspecified atom stereocenters. The molecular weight excluding hydrogens is 335 g/mol. The minimum atomic E-state index is -4.62. The van der Waals surface area contributed by atoms with E-state index in [1.54, 1.807) is 24.3 Å². The molecule has 130 valence electrons. The van der Waals surface area contributed by atoms with Gasteiger partial charge in [-0.15, -0.1) is 5.10 Å². The first kappa shape index (κ1) is 16.8. The first-order valence-electron chi connectivity index (χ1n) is 7.40. The van der Waals surface area contributed by atoms with Crippen LogP contribution in [0, 0.1) is 0 Å². The second kappa shape index (κ2) is 6.84. The van der Waals surface area contributed by atoms with Gasteiger partial charge in [0.15, 0.2) is 0 Å². The number of rotatable bonds is 5. The van der Waals surface area contributed by atoms with Gasteiger partial charge in [-0.05, 0) is 17.7 Å². The van der Waals surface area contributed by atoms with E-state index in [-0.39, 0.29) is 0 Å². The Hall–Kier alpha value is -3.03. The summed E-state index contributed by atoms with van der Waals surface area (Å²) in [6.07, 6.45) is -4.88. The van der Waals surface area contributed by atoms with Gasteiger partial charge in [0.2, 0.25) is 12.6 Å². The van der Waals surface area contributed by atoms with Gasteiger partial charge in [0, 0.05) is 11.3 Å². The zero-order valence-electron chi connectivity index (χ0n) is 12.9. The quantitative estimate of drug-likeness (QED) is 0.843. The molecule has 1 aliphatic heterocycles. The van der Waals surface area contributed by atoms with Crippen molar-refractivity contribution >= 4 is 18.0 Å². The Morgan fingerprint density at radius 3 is 2.36 bits per heavy atom. The Morgan fingerprint density at radius 2 is 1.80 bits per heavy atom. The second-order valence-corrected chi connectivity index (χ2v) is 5.35. The van der Waals surface area contributed by atoms with Crippen LogP contribution in [0.15, 0.2) is 59.7 Å². The number of nitrogens with one attached hydrogen (secondary N) is 1. The minimum absolute atomic E-state index is 0.344. The van der Waals surface area contributed by atoms with Crippen molar-refractivity contribution in [2.24, 2.45) is 5.10 Å². The maximum Gasteiger partial charge on any atom is 0.470 e. The maximum absolute atomic E-state index is 12.5. The zero-order chi connectivity index (χ0) is 17.9. The largest absolute Gasteiger partial charge is 0.470 e. The minimum Gasteiger partial charge on any atom is -0.443 e. The van der Waals surface area contributed by atoms with Crippen LogP contribution < -0.4 is 10.3 Å². The highest BCUT2D eigenvalue weighted by molar-refractivity contribution is 5.82. The maximum atomic E-state index is 12.5. The van der Waals surface area contributed by atoms with Gasteiger partial charge in [-0.2, -0.15) is 13.2 Å². The van der Waals surface area contributed by atoms with Gasteiger partial charge in [0.1, 0.15) is 0 Å². The van der Waals surface area contributed by atoms with E-state index in [9.17, 15) is 18.0 Å². The Labute approximate surface area is 141 Å². The van der Waals surface area contributed by atoms with E-state index < -0.39 is 18.3 Å². The number of amides is 1. The molecule has 3 rings (SSSR count). The number of halogens is 3. The second-order valence-electron chi connectivity index (χ2n) is 5.35. The molecule has 25 heavy (non-hydrogen) atoms. The first-order valence-corrected chi connectivity index (χ1v) is 7.40. The van der Waals surface area contributed by atoms with Crippen LogP contribution in [0.2, 0.25) is 0 Å². The number of hydrazone groups is 1. The smallest absolute Gasteiger partial charge is 0.443 e. The molecular formula is C17H14F3N3O2. The molecule has 0 spiro atoms. The summed E-state index contributed by atoms with van der Waals surface area (Å²) in [5.41, 5.74) is 4.39. The Balaban J connectivity index is 1.66. The molecule has 1 heterocycles. The molecule has 0 saturated carbocycles. The standard InChI is InChI=1S/C17H14F3N3O2/c18-17(19,20)16-22-21-15(25-16)13-8-6-12(7-9-13)10-23(11-24)14-4-2-1-3-5-14/h1-9,11,15,21H,10H2. The topological polar surface area (TPSA) is 53.9 Å². The van der Waals surface area contributed by atoms with Crippen molar-refractivity contribution in [3.05, 3.63) is 65.7 Å². The predicted molar refractivity (Wildman–Crippen MR) is 85.6 cm³/mol. The third kappa shape index (κ3) is 3.90. The average Bonchev–Trinajstić information content (AvgIpc) is 3.11. The lowest BCUT2D eigenvalue weighted by molar-refractivity contribution is -0.107. The molecule has 0 radical (unpaired) electrons. The summed E-state index contributed by atoms with van der Waals surface area (Å²) in [6.45, 7) is 0.344. The van der Waals surface area contributed by atoms with Gasteiger partial charge < -0.3 is 9.64 Å². The monoisotopic (exact) mass is 349 g/mol. The van der Waals surface area contributed by atoms with E-state index in [0.29, 0.717) is 12.1 Å². The summed E-state index contributed by atoms with van der Waals surface area (Å²) in [6, 6.07) is 15.9. The number of para-hydroxylation sites is 1. The molecule has 1 aliphatic rings. The van der Waals surface area contributed by atoms with Gasteiger partial charge in [0.25, 0.3) is 0 Å². The summed E-state index contributed by atoms with van der Waals surface area (Å²) in [7, 11) is 0. The van der Waals surface area contributed by atoms with E-state index in [1.807, 2.05) is 30.3 Å². The van der Waals surface area contributed by atoms with Gasteiger partial charge in [-0.3, -0.25) is 10.2 Å². The number of alkyl halides is 3. The molecule has 0 fully saturated rings. The number of hydrogen-bond donors (Lipinski definition) is 1. The fourth-order valence-corrected chi connectivity index (χ4v) is 2.36. The fourth-order valence-electron chi connectivity index (χ4n) is 2.36. The van der Waals surface area contributed by atoms with Crippen molar-refractivity contribution < 1.29 is 22.7 Å². The van der Waals surface area contributed by atoms with Crippen molar-refractivity contribution in [3.8, 4) is 0 Å². The number of anilines is 1. The van der Waals surface area contributed by atoms with Crippen LogP contribution in [0.4, 0.5) is 18.9 Å². The van der Waals surface area contributed by atoms with Crippen LogP contribution in [-0.2, 0) is 16.1 Å². The third-order valence-corrected chi connectivity index (χ3v) is 3.61. The average molecular weight is 349 g/mol. The van der Waals surface area contributed by atoms with Crippen molar-refractivity contribution in [2.45, 2.75) is 18.9 Å². The highest BCUT2D eigenvalue weighted by atomic mass is 19.4. The van der Waals surface area contributed by atoms with E-state index in [4.69, 9.17) is 4.74 Å². The summed E-state index contributed by atoms with van der Waals surface area (Å²) >= 11 is 0. The van der Waals surface area contributed by atoms with Crippen LogP contribution >= 0.6 is 0 Å². The van der Waals surface area contributed by atoms with Crippen molar-refractivity contribution in [3.63, 3.8) is 0 Å². The molecule has 1 amide bonds.